The number of anilines is 1. The molecule has 0 unspecified atom stereocenters. The van der Waals surface area contributed by atoms with Gasteiger partial charge < -0.3 is 10.2 Å². The second-order valence-electron chi connectivity index (χ2n) is 5.90. The Kier molecular flexibility index (Phi) is 5.16. The third-order valence-electron chi connectivity index (χ3n) is 4.14. The van der Waals surface area contributed by atoms with E-state index in [0.717, 1.165) is 31.5 Å². The molecule has 1 heterocycles. The van der Waals surface area contributed by atoms with Crippen LogP contribution in [0.1, 0.15) is 28.8 Å². The van der Waals surface area contributed by atoms with Gasteiger partial charge in [-0.05, 0) is 42.7 Å². The first-order valence-corrected chi connectivity index (χ1v) is 8.44. The number of nitrogens with one attached hydrogen (secondary N) is 1. The number of amides is 2. The Morgan fingerprint density at radius 3 is 2.33 bits per heavy atom. The Hall–Kier alpha value is -2.33. The van der Waals surface area contributed by atoms with Crippen molar-refractivity contribution < 1.29 is 9.59 Å². The highest BCUT2D eigenvalue weighted by atomic mass is 35.5. The van der Waals surface area contributed by atoms with Gasteiger partial charge in [-0.1, -0.05) is 35.9 Å². The van der Waals surface area contributed by atoms with Gasteiger partial charge in [0.05, 0.1) is 17.0 Å². The van der Waals surface area contributed by atoms with Crippen LogP contribution in [0.4, 0.5) is 5.69 Å². The first kappa shape index (κ1) is 16.5. The van der Waals surface area contributed by atoms with Crippen molar-refractivity contribution in [3.63, 3.8) is 0 Å². The van der Waals surface area contributed by atoms with Gasteiger partial charge in [0.2, 0.25) is 5.91 Å². The van der Waals surface area contributed by atoms with Crippen LogP contribution in [-0.2, 0) is 11.2 Å². The molecule has 1 aliphatic heterocycles. The van der Waals surface area contributed by atoms with Crippen molar-refractivity contribution in [3.05, 3.63) is 64.7 Å². The van der Waals surface area contributed by atoms with Gasteiger partial charge in [0.25, 0.3) is 5.91 Å². The Bertz CT molecular complexity index is 737. The maximum absolute atomic E-state index is 12.2. The quantitative estimate of drug-likeness (QED) is 0.919. The van der Waals surface area contributed by atoms with Crippen molar-refractivity contribution in [3.8, 4) is 0 Å². The molecule has 0 spiro atoms. The van der Waals surface area contributed by atoms with E-state index in [2.05, 4.69) is 5.32 Å². The highest BCUT2D eigenvalue weighted by Crippen LogP contribution is 2.18. The molecule has 5 heteroatoms. The molecule has 0 saturated carbocycles. The predicted octanol–water partition coefficient (Wildman–Crippen LogP) is 3.76. The van der Waals surface area contributed by atoms with Gasteiger partial charge in [-0.3, -0.25) is 9.59 Å². The van der Waals surface area contributed by atoms with Crippen LogP contribution in [-0.4, -0.2) is 29.8 Å². The van der Waals surface area contributed by atoms with E-state index in [-0.39, 0.29) is 11.8 Å². The van der Waals surface area contributed by atoms with E-state index in [9.17, 15) is 9.59 Å². The highest BCUT2D eigenvalue weighted by molar-refractivity contribution is 6.34. The van der Waals surface area contributed by atoms with Gasteiger partial charge in [0.1, 0.15) is 0 Å². The lowest BCUT2D eigenvalue weighted by molar-refractivity contribution is -0.129. The molecule has 24 heavy (non-hydrogen) atoms. The second-order valence-corrected chi connectivity index (χ2v) is 6.30. The maximum atomic E-state index is 12.2. The number of carbonyl (C=O) groups excluding carboxylic acids is 2. The topological polar surface area (TPSA) is 49.4 Å². The highest BCUT2D eigenvalue weighted by Gasteiger charge is 2.18. The smallest absolute Gasteiger partial charge is 0.257 e. The number of hydrogen-bond donors (Lipinski definition) is 1. The molecule has 1 fully saturated rings. The summed E-state index contributed by atoms with van der Waals surface area (Å²) in [6.07, 6.45) is 2.59. The summed E-state index contributed by atoms with van der Waals surface area (Å²) in [5.74, 6) is -0.0816. The third-order valence-corrected chi connectivity index (χ3v) is 4.47. The summed E-state index contributed by atoms with van der Waals surface area (Å²) >= 11 is 6.03. The molecule has 3 rings (SSSR count). The summed E-state index contributed by atoms with van der Waals surface area (Å²) in [6, 6.07) is 14.3. The molecule has 1 saturated heterocycles. The molecule has 1 aliphatic rings. The molecule has 0 atom stereocenters. The number of carbonyl (C=O) groups is 2. The molecular weight excluding hydrogens is 324 g/mol. The van der Waals surface area contributed by atoms with Crippen LogP contribution in [0, 0.1) is 0 Å². The summed E-state index contributed by atoms with van der Waals surface area (Å²) in [5, 5.41) is 3.24. The van der Waals surface area contributed by atoms with Gasteiger partial charge in [0, 0.05) is 18.8 Å². The molecule has 4 nitrogen and oxygen atoms in total. The molecule has 1 N–H and O–H groups in total. The van der Waals surface area contributed by atoms with Crippen molar-refractivity contribution >= 4 is 29.1 Å². The van der Waals surface area contributed by atoms with Gasteiger partial charge in [-0.25, -0.2) is 0 Å². The first-order chi connectivity index (χ1) is 11.6. The van der Waals surface area contributed by atoms with Crippen molar-refractivity contribution in [2.24, 2.45) is 0 Å². The molecule has 0 aromatic heterocycles. The number of halogens is 1. The lowest BCUT2D eigenvalue weighted by Gasteiger charge is -2.15. The second kappa shape index (κ2) is 7.49. The van der Waals surface area contributed by atoms with Gasteiger partial charge in [0.15, 0.2) is 0 Å². The fraction of sp³-hybridized carbons (Fsp3) is 0.263. The fourth-order valence-corrected chi connectivity index (χ4v) is 3.02. The zero-order chi connectivity index (χ0) is 16.9. The summed E-state index contributed by atoms with van der Waals surface area (Å²) in [7, 11) is 0. The molecule has 0 aliphatic carbocycles. The number of likely N-dealkylation sites (tertiary alicyclic amines) is 1. The van der Waals surface area contributed by atoms with Crippen molar-refractivity contribution in [1.29, 1.82) is 0 Å². The van der Waals surface area contributed by atoms with E-state index < -0.39 is 0 Å². The van der Waals surface area contributed by atoms with Crippen LogP contribution in [0.15, 0.2) is 48.5 Å². The van der Waals surface area contributed by atoms with Crippen LogP contribution in [0.5, 0.6) is 0 Å². The maximum Gasteiger partial charge on any atom is 0.257 e. The Balaban J connectivity index is 1.61. The van der Waals surface area contributed by atoms with Gasteiger partial charge >= 0.3 is 0 Å². The standard InChI is InChI=1S/C19H19ClN2O2/c20-17-6-2-1-5-16(17)19(24)21-15-9-7-14(8-10-15)13-18(23)22-11-3-4-12-22/h1-2,5-10H,3-4,11-13H2,(H,21,24). The van der Waals surface area contributed by atoms with Crippen LogP contribution >= 0.6 is 11.6 Å². The molecule has 124 valence electrons. The lowest BCUT2D eigenvalue weighted by Crippen LogP contribution is -2.29. The minimum Gasteiger partial charge on any atom is -0.342 e. The Morgan fingerprint density at radius 1 is 1.00 bits per heavy atom. The average Bonchev–Trinajstić information content (AvgIpc) is 3.11. The molecule has 0 bridgehead atoms. The summed E-state index contributed by atoms with van der Waals surface area (Å²) in [4.78, 5) is 26.3. The van der Waals surface area contributed by atoms with E-state index >= 15 is 0 Å². The first-order valence-electron chi connectivity index (χ1n) is 8.06. The number of benzene rings is 2. The average molecular weight is 343 g/mol. The van der Waals surface area contributed by atoms with Crippen molar-refractivity contribution in [1.82, 2.24) is 4.90 Å². The molecule has 2 aromatic rings. The van der Waals surface area contributed by atoms with Crippen LogP contribution in [0.3, 0.4) is 0 Å². The van der Waals surface area contributed by atoms with Crippen LogP contribution < -0.4 is 5.32 Å². The van der Waals surface area contributed by atoms with Crippen molar-refractivity contribution in [2.75, 3.05) is 18.4 Å². The largest absolute Gasteiger partial charge is 0.342 e. The molecule has 0 radical (unpaired) electrons. The van der Waals surface area contributed by atoms with Crippen LogP contribution in [0.2, 0.25) is 5.02 Å². The Morgan fingerprint density at radius 2 is 1.67 bits per heavy atom. The minimum atomic E-state index is -0.249. The van der Waals surface area contributed by atoms with E-state index in [0.29, 0.717) is 22.7 Å². The van der Waals surface area contributed by atoms with E-state index in [1.54, 1.807) is 36.4 Å². The minimum absolute atomic E-state index is 0.167. The van der Waals surface area contributed by atoms with E-state index in [4.69, 9.17) is 11.6 Å². The number of hydrogen-bond acceptors (Lipinski definition) is 2. The zero-order valence-corrected chi connectivity index (χ0v) is 14.1. The molecule has 2 aromatic carbocycles. The van der Waals surface area contributed by atoms with Gasteiger partial charge in [-0.2, -0.15) is 0 Å². The molecule has 2 amide bonds. The summed E-state index contributed by atoms with van der Waals surface area (Å²) < 4.78 is 0. The molecular formula is C19H19ClN2O2. The monoisotopic (exact) mass is 342 g/mol. The normalized spacial score (nSPS) is 13.8. The SMILES string of the molecule is O=C(Nc1ccc(CC(=O)N2CCCC2)cc1)c1ccccc1Cl. The Labute approximate surface area is 146 Å². The van der Waals surface area contributed by atoms with Crippen molar-refractivity contribution in [2.45, 2.75) is 19.3 Å². The summed E-state index contributed by atoms with van der Waals surface area (Å²) in [6.45, 7) is 1.73. The number of nitrogens with zero attached hydrogens (tertiary/aromatic N) is 1. The van der Waals surface area contributed by atoms with Crippen LogP contribution in [0.25, 0.3) is 0 Å². The van der Waals surface area contributed by atoms with Gasteiger partial charge in [-0.15, -0.1) is 0 Å². The lowest BCUT2D eigenvalue weighted by atomic mass is 10.1. The zero-order valence-electron chi connectivity index (χ0n) is 13.3. The number of rotatable bonds is 4. The fourth-order valence-electron chi connectivity index (χ4n) is 2.80. The third kappa shape index (κ3) is 3.95. The predicted molar refractivity (Wildman–Crippen MR) is 95.4 cm³/mol. The summed E-state index contributed by atoms with van der Waals surface area (Å²) in [5.41, 5.74) is 2.06. The van der Waals surface area contributed by atoms with E-state index in [1.165, 1.54) is 0 Å². The van der Waals surface area contributed by atoms with E-state index in [1.807, 2.05) is 17.0 Å².